The number of carbonyl (C=O) groups is 2. The van der Waals surface area contributed by atoms with Gasteiger partial charge in [0.15, 0.2) is 0 Å². The Kier molecular flexibility index (Phi) is 7.63. The van der Waals surface area contributed by atoms with E-state index in [1.165, 1.54) is 4.90 Å². The Morgan fingerprint density at radius 1 is 1.00 bits per heavy atom. The molecule has 7 heteroatoms. The van der Waals surface area contributed by atoms with Gasteiger partial charge in [0.05, 0.1) is 30.4 Å². The van der Waals surface area contributed by atoms with Gasteiger partial charge in [-0.05, 0) is 50.1 Å². The van der Waals surface area contributed by atoms with E-state index in [2.05, 4.69) is 0 Å². The van der Waals surface area contributed by atoms with Crippen LogP contribution in [0.2, 0.25) is 0 Å². The summed E-state index contributed by atoms with van der Waals surface area (Å²) < 4.78 is 11.3. The number of rotatable bonds is 9. The zero-order valence-electron chi connectivity index (χ0n) is 19.9. The number of ketones is 1. The summed E-state index contributed by atoms with van der Waals surface area (Å²) in [7, 11) is 3.89. The zero-order valence-corrected chi connectivity index (χ0v) is 19.9. The average Bonchev–Trinajstić information content (AvgIpc) is 3.04. The molecule has 0 spiro atoms. The normalized spacial score (nSPS) is 17.4. The van der Waals surface area contributed by atoms with Crippen molar-refractivity contribution in [3.63, 3.8) is 0 Å². The van der Waals surface area contributed by atoms with Crippen LogP contribution in [0.15, 0.2) is 48.0 Å². The Bertz CT molecular complexity index is 1040. The van der Waals surface area contributed by atoms with Crippen molar-refractivity contribution in [2.45, 2.75) is 33.2 Å². The second-order valence-electron chi connectivity index (χ2n) is 8.00. The van der Waals surface area contributed by atoms with Crippen LogP contribution in [0.1, 0.15) is 44.4 Å². The van der Waals surface area contributed by atoms with Crippen molar-refractivity contribution in [2.75, 3.05) is 38.8 Å². The molecule has 1 N–H and O–H groups in total. The molecular formula is C26H32N2O5. The predicted octanol–water partition coefficient (Wildman–Crippen LogP) is 4.38. The quantitative estimate of drug-likeness (QED) is 0.346. The van der Waals surface area contributed by atoms with Crippen molar-refractivity contribution in [1.82, 2.24) is 4.90 Å². The lowest BCUT2D eigenvalue weighted by Gasteiger charge is -2.25. The first-order valence-corrected chi connectivity index (χ1v) is 11.3. The number of nitrogens with zero attached hydrogens (tertiary/aromatic N) is 2. The minimum atomic E-state index is -0.695. The third-order valence-corrected chi connectivity index (χ3v) is 5.55. The zero-order chi connectivity index (χ0) is 24.1. The summed E-state index contributed by atoms with van der Waals surface area (Å²) in [5, 5.41) is 11.3. The molecule has 0 aliphatic carbocycles. The third kappa shape index (κ3) is 4.82. The SMILES string of the molecule is CCCN1C(=O)C(=O)/C(=C(\O)c2ccc(OCC)cc2OCC)C1c1ccc(N(C)C)cc1. The first-order valence-electron chi connectivity index (χ1n) is 11.3. The molecule has 176 valence electrons. The number of benzene rings is 2. The maximum Gasteiger partial charge on any atom is 0.295 e. The number of aliphatic hydroxyl groups is 1. The maximum absolute atomic E-state index is 13.1. The second kappa shape index (κ2) is 10.4. The summed E-state index contributed by atoms with van der Waals surface area (Å²) in [6, 6.07) is 12.0. The van der Waals surface area contributed by atoms with Gasteiger partial charge in [-0.3, -0.25) is 9.59 Å². The van der Waals surface area contributed by atoms with Gasteiger partial charge < -0.3 is 24.4 Å². The molecule has 3 rings (SSSR count). The van der Waals surface area contributed by atoms with Gasteiger partial charge in [-0.25, -0.2) is 0 Å². The fourth-order valence-corrected chi connectivity index (χ4v) is 4.03. The molecule has 1 heterocycles. The fourth-order valence-electron chi connectivity index (χ4n) is 4.03. The van der Waals surface area contributed by atoms with Crippen LogP contribution in [0, 0.1) is 0 Å². The van der Waals surface area contributed by atoms with Gasteiger partial charge >= 0.3 is 0 Å². The molecule has 0 bridgehead atoms. The molecule has 1 unspecified atom stereocenters. The van der Waals surface area contributed by atoms with E-state index in [0.29, 0.717) is 43.2 Å². The van der Waals surface area contributed by atoms with Crippen molar-refractivity contribution in [3.05, 3.63) is 59.2 Å². The van der Waals surface area contributed by atoms with Crippen LogP contribution in [-0.2, 0) is 9.59 Å². The molecule has 1 aliphatic heterocycles. The Balaban J connectivity index is 2.18. The van der Waals surface area contributed by atoms with Crippen LogP contribution >= 0.6 is 0 Å². The first kappa shape index (κ1) is 24.2. The summed E-state index contributed by atoms with van der Waals surface area (Å²) in [5.41, 5.74) is 2.18. The highest BCUT2D eigenvalue weighted by atomic mass is 16.5. The van der Waals surface area contributed by atoms with Gasteiger partial charge in [-0.15, -0.1) is 0 Å². The second-order valence-corrected chi connectivity index (χ2v) is 8.00. The van der Waals surface area contributed by atoms with Crippen LogP contribution in [-0.4, -0.2) is 55.6 Å². The van der Waals surface area contributed by atoms with Crippen molar-refractivity contribution in [1.29, 1.82) is 0 Å². The van der Waals surface area contributed by atoms with E-state index >= 15 is 0 Å². The van der Waals surface area contributed by atoms with E-state index in [-0.39, 0.29) is 11.3 Å². The molecule has 33 heavy (non-hydrogen) atoms. The van der Waals surface area contributed by atoms with Crippen molar-refractivity contribution >= 4 is 23.1 Å². The number of anilines is 1. The molecule has 7 nitrogen and oxygen atoms in total. The van der Waals surface area contributed by atoms with Gasteiger partial charge in [0.2, 0.25) is 0 Å². The Hall–Kier alpha value is -3.48. The van der Waals surface area contributed by atoms with Crippen molar-refractivity contribution in [3.8, 4) is 11.5 Å². The first-order chi connectivity index (χ1) is 15.8. The number of hydrogen-bond donors (Lipinski definition) is 1. The van der Waals surface area contributed by atoms with E-state index in [4.69, 9.17) is 9.47 Å². The summed E-state index contributed by atoms with van der Waals surface area (Å²) >= 11 is 0. The van der Waals surface area contributed by atoms with Gasteiger partial charge in [0.1, 0.15) is 17.3 Å². The van der Waals surface area contributed by atoms with E-state index in [1.807, 2.05) is 64.0 Å². The van der Waals surface area contributed by atoms with Gasteiger partial charge in [-0.2, -0.15) is 0 Å². The molecule has 0 aromatic heterocycles. The molecule has 1 aliphatic rings. The molecular weight excluding hydrogens is 420 g/mol. The molecule has 1 fully saturated rings. The number of Topliss-reactive ketones (excluding diaryl/α,β-unsaturated/α-hetero) is 1. The largest absolute Gasteiger partial charge is 0.507 e. The standard InChI is InChI=1S/C26H32N2O5/c1-6-15-28-23(17-9-11-18(12-10-17)27(4)5)22(25(30)26(28)31)24(29)20-14-13-19(32-7-2)16-21(20)33-8-3/h9-14,16,23,29H,6-8,15H2,1-5H3/b24-22-. The number of ether oxygens (including phenoxy) is 2. The van der Waals surface area contributed by atoms with Crippen molar-refractivity contribution in [2.24, 2.45) is 0 Å². The summed E-state index contributed by atoms with van der Waals surface area (Å²) in [6.45, 7) is 6.93. The lowest BCUT2D eigenvalue weighted by Crippen LogP contribution is -2.30. The van der Waals surface area contributed by atoms with Crippen molar-refractivity contribution < 1.29 is 24.2 Å². The van der Waals surface area contributed by atoms with Crippen LogP contribution in [0.4, 0.5) is 5.69 Å². The third-order valence-electron chi connectivity index (χ3n) is 5.55. The molecule has 1 saturated heterocycles. The molecule has 1 amide bonds. The lowest BCUT2D eigenvalue weighted by molar-refractivity contribution is -0.139. The topological polar surface area (TPSA) is 79.3 Å². The Morgan fingerprint density at radius 3 is 2.24 bits per heavy atom. The summed E-state index contributed by atoms with van der Waals surface area (Å²) in [6.07, 6.45) is 0.687. The summed E-state index contributed by atoms with van der Waals surface area (Å²) in [5.74, 6) is -0.563. The van der Waals surface area contributed by atoms with Gasteiger partial charge in [0.25, 0.3) is 11.7 Å². The number of likely N-dealkylation sites (tertiary alicyclic amines) is 1. The van der Waals surface area contributed by atoms with Crippen LogP contribution < -0.4 is 14.4 Å². The molecule has 1 atom stereocenters. The number of amides is 1. The van der Waals surface area contributed by atoms with E-state index in [9.17, 15) is 14.7 Å². The molecule has 2 aromatic carbocycles. The highest BCUT2D eigenvalue weighted by molar-refractivity contribution is 6.46. The molecule has 0 radical (unpaired) electrons. The van der Waals surface area contributed by atoms with Gasteiger partial charge in [0, 0.05) is 32.4 Å². The number of aliphatic hydroxyl groups excluding tert-OH is 1. The van der Waals surface area contributed by atoms with Gasteiger partial charge in [-0.1, -0.05) is 19.1 Å². The van der Waals surface area contributed by atoms with Crippen LogP contribution in [0.25, 0.3) is 5.76 Å². The highest BCUT2D eigenvalue weighted by Crippen LogP contribution is 2.42. The van der Waals surface area contributed by atoms with E-state index in [1.54, 1.807) is 18.2 Å². The molecule has 2 aromatic rings. The lowest BCUT2D eigenvalue weighted by atomic mass is 9.94. The summed E-state index contributed by atoms with van der Waals surface area (Å²) in [4.78, 5) is 29.6. The van der Waals surface area contributed by atoms with E-state index in [0.717, 1.165) is 11.3 Å². The predicted molar refractivity (Wildman–Crippen MR) is 129 cm³/mol. The van der Waals surface area contributed by atoms with E-state index < -0.39 is 17.7 Å². The highest BCUT2D eigenvalue weighted by Gasteiger charge is 2.45. The monoisotopic (exact) mass is 452 g/mol. The molecule has 0 saturated carbocycles. The van der Waals surface area contributed by atoms with Crippen LogP contribution in [0.5, 0.6) is 11.5 Å². The minimum absolute atomic E-state index is 0.0659. The Morgan fingerprint density at radius 2 is 1.67 bits per heavy atom. The fraction of sp³-hybridized carbons (Fsp3) is 0.385. The Labute approximate surface area is 195 Å². The number of hydrogen-bond acceptors (Lipinski definition) is 6. The van der Waals surface area contributed by atoms with Crippen LogP contribution in [0.3, 0.4) is 0 Å². The minimum Gasteiger partial charge on any atom is -0.507 e. The maximum atomic E-state index is 13.1. The number of carbonyl (C=O) groups excluding carboxylic acids is 2. The smallest absolute Gasteiger partial charge is 0.295 e. The average molecular weight is 453 g/mol.